The lowest BCUT2D eigenvalue weighted by molar-refractivity contribution is -0.446. The zero-order valence-corrected chi connectivity index (χ0v) is 16.4. The molecule has 0 spiro atoms. The van der Waals surface area contributed by atoms with Crippen LogP contribution in [0.3, 0.4) is 0 Å². The molecule has 1 aliphatic heterocycles. The van der Waals surface area contributed by atoms with Crippen LogP contribution >= 0.6 is 0 Å². The maximum Gasteiger partial charge on any atom is 0.506 e. The SMILES string of the molecule is CCc1ccc(N2C(=O)C3C=CC=CC3=[N+](Cc3cccc([N+](=O)[O-])c3)C2=O)cc1. The van der Waals surface area contributed by atoms with E-state index in [0.29, 0.717) is 17.0 Å². The Morgan fingerprint density at radius 3 is 2.53 bits per heavy atom. The summed E-state index contributed by atoms with van der Waals surface area (Å²) in [6.07, 6.45) is 7.92. The molecule has 2 aromatic carbocycles. The van der Waals surface area contributed by atoms with Gasteiger partial charge in [-0.05, 0) is 30.2 Å². The summed E-state index contributed by atoms with van der Waals surface area (Å²) < 4.78 is 1.51. The fourth-order valence-electron chi connectivity index (χ4n) is 3.69. The van der Waals surface area contributed by atoms with Crippen molar-refractivity contribution >= 4 is 29.0 Å². The molecular weight excluding hydrogens is 382 g/mol. The Bertz CT molecular complexity index is 1130. The second kappa shape index (κ2) is 7.87. The van der Waals surface area contributed by atoms with Crippen molar-refractivity contribution in [1.29, 1.82) is 0 Å². The molecule has 0 radical (unpaired) electrons. The van der Waals surface area contributed by atoms with Gasteiger partial charge < -0.3 is 0 Å². The fraction of sp³-hybridized carbons (Fsp3) is 0.174. The van der Waals surface area contributed by atoms with E-state index in [1.165, 1.54) is 21.6 Å². The van der Waals surface area contributed by atoms with E-state index in [4.69, 9.17) is 0 Å². The van der Waals surface area contributed by atoms with Crippen LogP contribution in [0.5, 0.6) is 0 Å². The number of rotatable bonds is 5. The molecule has 0 saturated heterocycles. The molecule has 1 aliphatic carbocycles. The third-order valence-corrected chi connectivity index (χ3v) is 5.29. The Labute approximate surface area is 173 Å². The lowest BCUT2D eigenvalue weighted by atomic mass is 9.94. The predicted octanol–water partition coefficient (Wildman–Crippen LogP) is 4.02. The van der Waals surface area contributed by atoms with Gasteiger partial charge in [0, 0.05) is 17.7 Å². The number of non-ortho nitro benzene ring substituents is 1. The monoisotopic (exact) mass is 402 g/mol. The highest BCUT2D eigenvalue weighted by Crippen LogP contribution is 2.27. The summed E-state index contributed by atoms with van der Waals surface area (Å²) in [5.74, 6) is -0.896. The number of nitro groups is 1. The topological polar surface area (TPSA) is 83.5 Å². The molecule has 0 fully saturated rings. The highest BCUT2D eigenvalue weighted by Gasteiger charge is 2.47. The molecule has 1 heterocycles. The zero-order valence-electron chi connectivity index (χ0n) is 16.4. The van der Waals surface area contributed by atoms with E-state index < -0.39 is 16.9 Å². The second-order valence-corrected chi connectivity index (χ2v) is 7.14. The van der Waals surface area contributed by atoms with Crippen molar-refractivity contribution in [3.8, 4) is 0 Å². The Balaban J connectivity index is 1.77. The number of benzene rings is 2. The first-order chi connectivity index (χ1) is 14.5. The van der Waals surface area contributed by atoms with Crippen LogP contribution in [0.2, 0.25) is 0 Å². The smallest absolute Gasteiger partial charge is 0.258 e. The molecule has 0 N–H and O–H groups in total. The normalized spacial score (nSPS) is 18.0. The van der Waals surface area contributed by atoms with Gasteiger partial charge in [0.1, 0.15) is 23.9 Å². The number of hydrogen-bond donors (Lipinski definition) is 0. The van der Waals surface area contributed by atoms with Crippen molar-refractivity contribution < 1.29 is 19.1 Å². The van der Waals surface area contributed by atoms with Gasteiger partial charge in [0.2, 0.25) is 0 Å². The minimum absolute atomic E-state index is 0.0410. The number of aryl methyl sites for hydroxylation is 1. The summed E-state index contributed by atoms with van der Waals surface area (Å²) in [6, 6.07) is 13.0. The molecule has 2 aromatic rings. The number of nitrogens with zero attached hydrogens (tertiary/aromatic N) is 3. The third-order valence-electron chi connectivity index (χ3n) is 5.29. The first-order valence-corrected chi connectivity index (χ1v) is 9.69. The quantitative estimate of drug-likeness (QED) is 0.430. The second-order valence-electron chi connectivity index (χ2n) is 7.14. The lowest BCUT2D eigenvalue weighted by Crippen LogP contribution is -2.54. The summed E-state index contributed by atoms with van der Waals surface area (Å²) in [5, 5.41) is 11.1. The van der Waals surface area contributed by atoms with Gasteiger partial charge in [0.25, 0.3) is 5.69 Å². The first kappa shape index (κ1) is 19.4. The number of amides is 3. The Kier molecular flexibility index (Phi) is 5.10. The van der Waals surface area contributed by atoms with E-state index in [1.807, 2.05) is 19.1 Å². The highest BCUT2D eigenvalue weighted by atomic mass is 16.6. The Hall–Kier alpha value is -3.87. The molecule has 0 aromatic heterocycles. The molecule has 0 bridgehead atoms. The zero-order chi connectivity index (χ0) is 21.3. The predicted molar refractivity (Wildman–Crippen MR) is 113 cm³/mol. The van der Waals surface area contributed by atoms with Gasteiger partial charge >= 0.3 is 11.9 Å². The number of imide groups is 1. The van der Waals surface area contributed by atoms with Crippen LogP contribution in [0.1, 0.15) is 18.1 Å². The number of carbonyl (C=O) groups is 2. The van der Waals surface area contributed by atoms with Crippen molar-refractivity contribution in [2.45, 2.75) is 19.9 Å². The molecule has 4 rings (SSSR count). The first-order valence-electron chi connectivity index (χ1n) is 9.69. The molecule has 3 amide bonds. The van der Waals surface area contributed by atoms with E-state index in [1.54, 1.807) is 48.6 Å². The number of allylic oxidation sites excluding steroid dienone is 3. The minimum atomic E-state index is -0.586. The number of hydrogen-bond acceptors (Lipinski definition) is 4. The number of fused-ring (bicyclic) bond motifs is 1. The molecule has 7 heteroatoms. The Morgan fingerprint density at radius 1 is 1.07 bits per heavy atom. The van der Waals surface area contributed by atoms with Crippen LogP contribution in [0.25, 0.3) is 0 Å². The molecule has 1 atom stereocenters. The average Bonchev–Trinajstić information content (AvgIpc) is 2.77. The van der Waals surface area contributed by atoms with Gasteiger partial charge in [-0.25, -0.2) is 4.79 Å². The van der Waals surface area contributed by atoms with Crippen molar-refractivity contribution in [3.05, 3.63) is 94.1 Å². The molecule has 150 valence electrons. The minimum Gasteiger partial charge on any atom is -0.258 e. The molecule has 7 nitrogen and oxygen atoms in total. The van der Waals surface area contributed by atoms with E-state index >= 15 is 0 Å². The summed E-state index contributed by atoms with van der Waals surface area (Å²) >= 11 is 0. The molecule has 1 unspecified atom stereocenters. The van der Waals surface area contributed by atoms with Crippen molar-refractivity contribution in [2.75, 3.05) is 4.90 Å². The summed E-state index contributed by atoms with van der Waals surface area (Å²) in [5.41, 5.74) is 2.76. The average molecular weight is 402 g/mol. The molecular formula is C23H20N3O4+. The van der Waals surface area contributed by atoms with Crippen LogP contribution in [0.15, 0.2) is 72.8 Å². The van der Waals surface area contributed by atoms with Crippen LogP contribution < -0.4 is 4.90 Å². The fourth-order valence-corrected chi connectivity index (χ4v) is 3.69. The molecule has 0 saturated carbocycles. The van der Waals surface area contributed by atoms with E-state index in [-0.39, 0.29) is 18.1 Å². The largest absolute Gasteiger partial charge is 0.506 e. The van der Waals surface area contributed by atoms with E-state index in [9.17, 15) is 19.7 Å². The van der Waals surface area contributed by atoms with Gasteiger partial charge in [0.05, 0.1) is 4.92 Å². The number of urea groups is 1. The van der Waals surface area contributed by atoms with Crippen LogP contribution in [0.4, 0.5) is 16.2 Å². The number of carbonyl (C=O) groups excluding carboxylic acids is 2. The summed E-state index contributed by atoms with van der Waals surface area (Å²) in [7, 11) is 0. The molecule has 2 aliphatic rings. The van der Waals surface area contributed by atoms with Crippen LogP contribution in [-0.4, -0.2) is 27.1 Å². The lowest BCUT2D eigenvalue weighted by Gasteiger charge is -2.26. The highest BCUT2D eigenvalue weighted by molar-refractivity contribution is 6.25. The van der Waals surface area contributed by atoms with E-state index in [2.05, 4.69) is 0 Å². The van der Waals surface area contributed by atoms with Crippen LogP contribution in [0, 0.1) is 16.0 Å². The summed E-state index contributed by atoms with van der Waals surface area (Å²) in [4.78, 5) is 38.4. The van der Waals surface area contributed by atoms with Crippen molar-refractivity contribution in [1.82, 2.24) is 0 Å². The maximum absolute atomic E-state index is 13.4. The Morgan fingerprint density at radius 2 is 1.83 bits per heavy atom. The number of nitro benzene ring substituents is 1. The molecule has 30 heavy (non-hydrogen) atoms. The number of anilines is 1. The summed E-state index contributed by atoms with van der Waals surface area (Å²) in [6.45, 7) is 2.16. The third kappa shape index (κ3) is 3.45. The van der Waals surface area contributed by atoms with Gasteiger partial charge in [0.15, 0.2) is 0 Å². The van der Waals surface area contributed by atoms with E-state index in [0.717, 1.165) is 12.0 Å². The standard InChI is InChI=1S/C23H20N3O4/c1-2-16-10-12-18(13-11-16)25-22(27)20-8-3-4-9-21(20)24(23(25)28)15-17-6-5-7-19(14-17)26(29)30/h3-14,20H,2,15H2,1H3/q+1. The van der Waals surface area contributed by atoms with Gasteiger partial charge in [-0.2, -0.15) is 9.37 Å². The maximum atomic E-state index is 13.4. The van der Waals surface area contributed by atoms with Crippen LogP contribution in [-0.2, 0) is 17.8 Å². The van der Waals surface area contributed by atoms with Crippen molar-refractivity contribution in [3.63, 3.8) is 0 Å². The van der Waals surface area contributed by atoms with Gasteiger partial charge in [-0.1, -0.05) is 49.4 Å². The van der Waals surface area contributed by atoms with Gasteiger partial charge in [-0.15, -0.1) is 4.90 Å². The van der Waals surface area contributed by atoms with Gasteiger partial charge in [-0.3, -0.25) is 10.1 Å². The van der Waals surface area contributed by atoms with Crippen molar-refractivity contribution in [2.24, 2.45) is 5.92 Å².